The van der Waals surface area contributed by atoms with Gasteiger partial charge in [0, 0.05) is 5.92 Å². The van der Waals surface area contributed by atoms with Gasteiger partial charge in [0.1, 0.15) is 5.41 Å². The fourth-order valence-corrected chi connectivity index (χ4v) is 2.56. The summed E-state index contributed by atoms with van der Waals surface area (Å²) in [7, 11) is 0. The smallest absolute Gasteiger partial charge is 0.263 e. The summed E-state index contributed by atoms with van der Waals surface area (Å²) in [5.41, 5.74) is -1.01. The van der Waals surface area contributed by atoms with E-state index >= 15 is 0 Å². The van der Waals surface area contributed by atoms with Crippen LogP contribution in [0.1, 0.15) is 26.2 Å². The molecule has 2 amide bonds. The fraction of sp³-hybridized carbons (Fsp3) is 0.462. The average molecular weight is 232 g/mol. The van der Waals surface area contributed by atoms with E-state index in [4.69, 9.17) is 0 Å². The molecule has 0 bridgehead atoms. The van der Waals surface area contributed by atoms with E-state index in [9.17, 15) is 9.59 Å². The van der Waals surface area contributed by atoms with E-state index in [1.807, 2.05) is 31.2 Å². The Morgan fingerprint density at radius 1 is 1.47 bits per heavy atom. The molecule has 2 rings (SSSR count). The molecule has 0 radical (unpaired) electrons. The molecular formula is C13H16N2O2. The second-order valence-corrected chi connectivity index (χ2v) is 4.41. The molecule has 1 N–H and O–H groups in total. The van der Waals surface area contributed by atoms with Gasteiger partial charge in [-0.05, 0) is 12.8 Å². The summed E-state index contributed by atoms with van der Waals surface area (Å²) in [6.07, 6.45) is 11.0. The Bertz CT molecular complexity index is 423. The highest BCUT2D eigenvalue weighted by molar-refractivity contribution is 6.14. The SMILES string of the molecule is CCCC1(C2C=CC=CC2)C(=O)N=CNC1=O. The summed E-state index contributed by atoms with van der Waals surface area (Å²) in [6.45, 7) is 1.98. The lowest BCUT2D eigenvalue weighted by Crippen LogP contribution is -2.53. The lowest BCUT2D eigenvalue weighted by atomic mass is 9.68. The second kappa shape index (κ2) is 4.65. The number of nitrogens with zero attached hydrogens (tertiary/aromatic N) is 1. The number of hydrogen-bond acceptors (Lipinski definition) is 2. The van der Waals surface area contributed by atoms with Crippen LogP contribution in [0.3, 0.4) is 0 Å². The Morgan fingerprint density at radius 2 is 2.29 bits per heavy atom. The second-order valence-electron chi connectivity index (χ2n) is 4.41. The number of aliphatic imine (C=N–C) groups is 1. The largest absolute Gasteiger partial charge is 0.316 e. The van der Waals surface area contributed by atoms with Crippen molar-refractivity contribution in [2.45, 2.75) is 26.2 Å². The first-order valence-electron chi connectivity index (χ1n) is 5.93. The van der Waals surface area contributed by atoms with E-state index in [0.29, 0.717) is 12.8 Å². The first-order valence-corrected chi connectivity index (χ1v) is 5.93. The highest BCUT2D eigenvalue weighted by Crippen LogP contribution is 2.40. The number of carbonyl (C=O) groups excluding carboxylic acids is 2. The van der Waals surface area contributed by atoms with Crippen LogP contribution in [0.25, 0.3) is 0 Å². The van der Waals surface area contributed by atoms with Gasteiger partial charge < -0.3 is 5.32 Å². The lowest BCUT2D eigenvalue weighted by molar-refractivity contribution is -0.145. The van der Waals surface area contributed by atoms with Gasteiger partial charge in [0.05, 0.1) is 6.34 Å². The van der Waals surface area contributed by atoms with Gasteiger partial charge in [0.2, 0.25) is 5.91 Å². The number of allylic oxidation sites excluding steroid dienone is 4. The molecule has 17 heavy (non-hydrogen) atoms. The van der Waals surface area contributed by atoms with Gasteiger partial charge in [0.15, 0.2) is 0 Å². The lowest BCUT2D eigenvalue weighted by Gasteiger charge is -2.36. The molecule has 0 spiro atoms. The Balaban J connectivity index is 2.40. The van der Waals surface area contributed by atoms with Crippen LogP contribution in [-0.4, -0.2) is 18.2 Å². The third-order valence-corrected chi connectivity index (χ3v) is 3.42. The van der Waals surface area contributed by atoms with Gasteiger partial charge in [-0.15, -0.1) is 0 Å². The van der Waals surface area contributed by atoms with Crippen molar-refractivity contribution >= 4 is 18.2 Å². The Morgan fingerprint density at radius 3 is 2.88 bits per heavy atom. The molecule has 0 aromatic rings. The van der Waals surface area contributed by atoms with Crippen LogP contribution in [0.4, 0.5) is 0 Å². The molecule has 0 fully saturated rings. The summed E-state index contributed by atoms with van der Waals surface area (Å²) in [6, 6.07) is 0. The first kappa shape index (κ1) is 11.8. The van der Waals surface area contributed by atoms with E-state index in [2.05, 4.69) is 10.3 Å². The Hall–Kier alpha value is -1.71. The molecule has 0 saturated carbocycles. The van der Waals surface area contributed by atoms with Gasteiger partial charge in [-0.1, -0.05) is 37.6 Å². The summed E-state index contributed by atoms with van der Waals surface area (Å²) < 4.78 is 0. The molecule has 2 aliphatic rings. The van der Waals surface area contributed by atoms with Crippen LogP contribution < -0.4 is 5.32 Å². The van der Waals surface area contributed by atoms with Gasteiger partial charge in [-0.3, -0.25) is 9.59 Å². The van der Waals surface area contributed by atoms with Crippen LogP contribution in [0.15, 0.2) is 29.3 Å². The monoisotopic (exact) mass is 232 g/mol. The van der Waals surface area contributed by atoms with E-state index in [1.165, 1.54) is 6.34 Å². The van der Waals surface area contributed by atoms with Crippen molar-refractivity contribution in [3.05, 3.63) is 24.3 Å². The van der Waals surface area contributed by atoms with E-state index in [1.54, 1.807) is 0 Å². The number of nitrogens with one attached hydrogen (secondary N) is 1. The highest BCUT2D eigenvalue weighted by Gasteiger charge is 2.51. The van der Waals surface area contributed by atoms with Gasteiger partial charge in [0.25, 0.3) is 5.91 Å². The predicted molar refractivity (Wildman–Crippen MR) is 65.4 cm³/mol. The fourth-order valence-electron chi connectivity index (χ4n) is 2.56. The summed E-state index contributed by atoms with van der Waals surface area (Å²) >= 11 is 0. The number of amides is 2. The normalized spacial score (nSPS) is 31.7. The highest BCUT2D eigenvalue weighted by atomic mass is 16.2. The standard InChI is InChI=1S/C13H16N2O2/c1-2-8-13(10-6-4-3-5-7-10)11(16)14-9-15-12(13)17/h3-6,9-10H,2,7-8H2,1H3,(H,14,15,16,17). The topological polar surface area (TPSA) is 58.5 Å². The van der Waals surface area contributed by atoms with Crippen molar-refractivity contribution in [2.24, 2.45) is 16.3 Å². The van der Waals surface area contributed by atoms with Crippen LogP contribution >= 0.6 is 0 Å². The molecule has 90 valence electrons. The maximum atomic E-state index is 12.1. The molecule has 2 atom stereocenters. The van der Waals surface area contributed by atoms with Gasteiger partial charge in [-0.2, -0.15) is 0 Å². The van der Waals surface area contributed by atoms with Crippen LogP contribution in [-0.2, 0) is 9.59 Å². The maximum absolute atomic E-state index is 12.1. The molecule has 4 heteroatoms. The molecule has 1 aliphatic carbocycles. The summed E-state index contributed by atoms with van der Waals surface area (Å²) in [5, 5.41) is 2.58. The number of hydrogen-bond donors (Lipinski definition) is 1. The van der Waals surface area contributed by atoms with E-state index in [-0.39, 0.29) is 17.7 Å². The number of rotatable bonds is 3. The van der Waals surface area contributed by atoms with E-state index in [0.717, 1.165) is 6.42 Å². The minimum Gasteiger partial charge on any atom is -0.316 e. The zero-order valence-corrected chi connectivity index (χ0v) is 9.85. The predicted octanol–water partition coefficient (Wildman–Crippen LogP) is 1.59. The zero-order chi connectivity index (χ0) is 12.3. The van der Waals surface area contributed by atoms with Gasteiger partial charge in [-0.25, -0.2) is 4.99 Å². The molecule has 1 aliphatic heterocycles. The summed E-state index contributed by atoms with van der Waals surface area (Å²) in [5.74, 6) is -0.616. The average Bonchev–Trinajstić information content (AvgIpc) is 2.35. The van der Waals surface area contributed by atoms with Crippen molar-refractivity contribution in [3.8, 4) is 0 Å². The quantitative estimate of drug-likeness (QED) is 0.751. The van der Waals surface area contributed by atoms with Crippen LogP contribution in [0.2, 0.25) is 0 Å². The van der Waals surface area contributed by atoms with Gasteiger partial charge >= 0.3 is 0 Å². The third-order valence-electron chi connectivity index (χ3n) is 3.42. The third kappa shape index (κ3) is 1.84. The van der Waals surface area contributed by atoms with Crippen molar-refractivity contribution < 1.29 is 9.59 Å². The Labute approximate surface area is 100 Å². The minimum atomic E-state index is -1.01. The first-order chi connectivity index (χ1) is 8.21. The molecular weight excluding hydrogens is 216 g/mol. The van der Waals surface area contributed by atoms with Crippen molar-refractivity contribution in [1.29, 1.82) is 0 Å². The molecule has 0 aromatic carbocycles. The molecule has 2 unspecified atom stereocenters. The van der Waals surface area contributed by atoms with Crippen LogP contribution in [0.5, 0.6) is 0 Å². The van der Waals surface area contributed by atoms with E-state index < -0.39 is 5.41 Å². The maximum Gasteiger partial charge on any atom is 0.263 e. The summed E-state index contributed by atoms with van der Waals surface area (Å²) in [4.78, 5) is 28.0. The molecule has 0 saturated heterocycles. The van der Waals surface area contributed by atoms with Crippen molar-refractivity contribution in [2.75, 3.05) is 0 Å². The van der Waals surface area contributed by atoms with Crippen molar-refractivity contribution in [3.63, 3.8) is 0 Å². The molecule has 4 nitrogen and oxygen atoms in total. The molecule has 0 aromatic heterocycles. The minimum absolute atomic E-state index is 0.0857. The Kier molecular flexibility index (Phi) is 3.22. The molecule has 1 heterocycles. The zero-order valence-electron chi connectivity index (χ0n) is 9.85. The van der Waals surface area contributed by atoms with Crippen LogP contribution in [0, 0.1) is 11.3 Å². The van der Waals surface area contributed by atoms with Crippen molar-refractivity contribution in [1.82, 2.24) is 5.32 Å². The number of carbonyl (C=O) groups is 2.